The molecule has 1 saturated carbocycles. The molecule has 1 aromatic rings. The van der Waals surface area contributed by atoms with Crippen LogP contribution in [0.25, 0.3) is 0 Å². The van der Waals surface area contributed by atoms with E-state index in [0.717, 1.165) is 31.5 Å². The van der Waals surface area contributed by atoms with Gasteiger partial charge in [-0.25, -0.2) is 0 Å². The largest absolute Gasteiger partial charge is 0.352 e. The second kappa shape index (κ2) is 8.15. The van der Waals surface area contributed by atoms with E-state index in [0.29, 0.717) is 12.0 Å². The van der Waals surface area contributed by atoms with Gasteiger partial charge in [0.15, 0.2) is 0 Å². The highest BCUT2D eigenvalue weighted by Gasteiger charge is 2.31. The molecule has 132 valence electrons. The van der Waals surface area contributed by atoms with E-state index in [-0.39, 0.29) is 11.9 Å². The van der Waals surface area contributed by atoms with Crippen molar-refractivity contribution < 1.29 is 4.79 Å². The molecular weight excluding hydrogens is 296 g/mol. The van der Waals surface area contributed by atoms with Gasteiger partial charge in [-0.1, -0.05) is 56.0 Å². The minimum Gasteiger partial charge on any atom is -0.352 e. The summed E-state index contributed by atoms with van der Waals surface area (Å²) in [6.07, 6.45) is 8.58. The molecule has 2 fully saturated rings. The van der Waals surface area contributed by atoms with Crippen LogP contribution >= 0.6 is 0 Å². The van der Waals surface area contributed by atoms with Crippen LogP contribution in [0, 0.1) is 12.8 Å². The third-order valence-corrected chi connectivity index (χ3v) is 5.65. The SMILES string of the molecule is Cc1ccc([C@H](C(=O)NC2CCCCC2)N2CCC[C@H](C)C2)cc1. The third-order valence-electron chi connectivity index (χ3n) is 5.65. The topological polar surface area (TPSA) is 32.3 Å². The molecule has 0 spiro atoms. The first kappa shape index (κ1) is 17.5. The number of rotatable bonds is 4. The molecule has 0 unspecified atom stereocenters. The molecule has 0 bridgehead atoms. The number of nitrogens with one attached hydrogen (secondary N) is 1. The number of piperidine rings is 1. The van der Waals surface area contributed by atoms with E-state index in [4.69, 9.17) is 0 Å². The molecule has 2 aliphatic rings. The lowest BCUT2D eigenvalue weighted by Crippen LogP contribution is -2.47. The minimum atomic E-state index is -0.129. The molecule has 2 atom stereocenters. The summed E-state index contributed by atoms with van der Waals surface area (Å²) in [6.45, 7) is 6.46. The van der Waals surface area contributed by atoms with Crippen LogP contribution in [0.5, 0.6) is 0 Å². The van der Waals surface area contributed by atoms with Crippen LogP contribution in [0.2, 0.25) is 0 Å². The van der Waals surface area contributed by atoms with Gasteiger partial charge in [0.2, 0.25) is 5.91 Å². The lowest BCUT2D eigenvalue weighted by molar-refractivity contribution is -0.128. The maximum atomic E-state index is 13.1. The van der Waals surface area contributed by atoms with Gasteiger partial charge in [0.05, 0.1) is 0 Å². The van der Waals surface area contributed by atoms with Gasteiger partial charge in [-0.2, -0.15) is 0 Å². The van der Waals surface area contributed by atoms with Crippen LogP contribution in [0.1, 0.15) is 69.0 Å². The number of aryl methyl sites for hydroxylation is 1. The Balaban J connectivity index is 1.77. The van der Waals surface area contributed by atoms with Crippen LogP contribution < -0.4 is 5.32 Å². The molecule has 1 aliphatic heterocycles. The van der Waals surface area contributed by atoms with Gasteiger partial charge in [-0.15, -0.1) is 0 Å². The Labute approximate surface area is 146 Å². The monoisotopic (exact) mass is 328 g/mol. The van der Waals surface area contributed by atoms with Crippen molar-refractivity contribution >= 4 is 5.91 Å². The Hall–Kier alpha value is -1.35. The number of hydrogen-bond donors (Lipinski definition) is 1. The zero-order valence-electron chi connectivity index (χ0n) is 15.3. The number of likely N-dealkylation sites (tertiary alicyclic amines) is 1. The van der Waals surface area contributed by atoms with Gasteiger partial charge in [0, 0.05) is 12.6 Å². The van der Waals surface area contributed by atoms with Crippen LogP contribution in [-0.4, -0.2) is 29.9 Å². The van der Waals surface area contributed by atoms with Crippen molar-refractivity contribution in [3.8, 4) is 0 Å². The lowest BCUT2D eigenvalue weighted by atomic mass is 9.93. The fourth-order valence-corrected chi connectivity index (χ4v) is 4.26. The zero-order valence-corrected chi connectivity index (χ0v) is 15.3. The summed E-state index contributed by atoms with van der Waals surface area (Å²) in [5, 5.41) is 3.36. The van der Waals surface area contributed by atoms with Crippen molar-refractivity contribution in [2.24, 2.45) is 5.92 Å². The lowest BCUT2D eigenvalue weighted by Gasteiger charge is -2.37. The molecule has 1 heterocycles. The van der Waals surface area contributed by atoms with Gasteiger partial charge in [0.1, 0.15) is 6.04 Å². The molecule has 1 aliphatic carbocycles. The van der Waals surface area contributed by atoms with Crippen LogP contribution in [0.4, 0.5) is 0 Å². The second-order valence-electron chi connectivity index (χ2n) is 7.90. The quantitative estimate of drug-likeness (QED) is 0.897. The van der Waals surface area contributed by atoms with Gasteiger partial charge in [0.25, 0.3) is 0 Å². The molecule has 0 aromatic heterocycles. The van der Waals surface area contributed by atoms with Crippen LogP contribution in [0.3, 0.4) is 0 Å². The second-order valence-corrected chi connectivity index (χ2v) is 7.90. The standard InChI is InChI=1S/C21H32N2O/c1-16-10-12-18(13-11-16)20(23-14-6-7-17(2)15-23)21(24)22-19-8-4-3-5-9-19/h10-13,17,19-20H,3-9,14-15H2,1-2H3,(H,22,24)/t17-,20+/m0/s1. The van der Waals surface area contributed by atoms with E-state index >= 15 is 0 Å². The zero-order chi connectivity index (χ0) is 16.9. The molecule has 3 nitrogen and oxygen atoms in total. The van der Waals surface area contributed by atoms with E-state index in [1.54, 1.807) is 0 Å². The van der Waals surface area contributed by atoms with Gasteiger partial charge >= 0.3 is 0 Å². The van der Waals surface area contributed by atoms with Crippen molar-refractivity contribution in [1.29, 1.82) is 0 Å². The summed E-state index contributed by atoms with van der Waals surface area (Å²) in [4.78, 5) is 15.5. The molecule has 1 aromatic carbocycles. The highest BCUT2D eigenvalue weighted by molar-refractivity contribution is 5.83. The number of carbonyl (C=O) groups is 1. The number of carbonyl (C=O) groups excluding carboxylic acids is 1. The normalized spacial score (nSPS) is 24.5. The minimum absolute atomic E-state index is 0.129. The maximum Gasteiger partial charge on any atom is 0.242 e. The smallest absolute Gasteiger partial charge is 0.242 e. The van der Waals surface area contributed by atoms with Crippen molar-refractivity contribution in [2.75, 3.05) is 13.1 Å². The summed E-state index contributed by atoms with van der Waals surface area (Å²) < 4.78 is 0. The highest BCUT2D eigenvalue weighted by atomic mass is 16.2. The fourth-order valence-electron chi connectivity index (χ4n) is 4.26. The Morgan fingerprint density at radius 2 is 1.79 bits per heavy atom. The summed E-state index contributed by atoms with van der Waals surface area (Å²) in [5.41, 5.74) is 2.39. The van der Waals surface area contributed by atoms with E-state index in [1.165, 1.54) is 37.7 Å². The highest BCUT2D eigenvalue weighted by Crippen LogP contribution is 2.28. The average molecular weight is 329 g/mol. The predicted molar refractivity (Wildman–Crippen MR) is 98.9 cm³/mol. The summed E-state index contributed by atoms with van der Waals surface area (Å²) >= 11 is 0. The summed E-state index contributed by atoms with van der Waals surface area (Å²) in [5.74, 6) is 0.883. The van der Waals surface area contributed by atoms with E-state index in [1.807, 2.05) is 0 Å². The molecule has 1 amide bonds. The van der Waals surface area contributed by atoms with Crippen LogP contribution in [-0.2, 0) is 4.79 Å². The van der Waals surface area contributed by atoms with Gasteiger partial charge in [-0.3, -0.25) is 9.69 Å². The van der Waals surface area contributed by atoms with Crippen molar-refractivity contribution in [3.63, 3.8) is 0 Å². The Morgan fingerprint density at radius 3 is 2.46 bits per heavy atom. The van der Waals surface area contributed by atoms with Gasteiger partial charge in [-0.05, 0) is 50.6 Å². The van der Waals surface area contributed by atoms with E-state index in [2.05, 4.69) is 48.3 Å². The third kappa shape index (κ3) is 4.38. The predicted octanol–water partition coefficient (Wildman–Crippen LogP) is 4.22. The average Bonchev–Trinajstić information content (AvgIpc) is 2.58. The van der Waals surface area contributed by atoms with Crippen LogP contribution in [0.15, 0.2) is 24.3 Å². The molecule has 3 heteroatoms. The first-order valence-corrected chi connectivity index (χ1v) is 9.74. The molecule has 3 rings (SSSR count). The van der Waals surface area contributed by atoms with E-state index < -0.39 is 0 Å². The molecular formula is C21H32N2O. The number of benzene rings is 1. The molecule has 0 radical (unpaired) electrons. The first-order valence-electron chi connectivity index (χ1n) is 9.74. The maximum absolute atomic E-state index is 13.1. The fraction of sp³-hybridized carbons (Fsp3) is 0.667. The number of hydrogen-bond acceptors (Lipinski definition) is 2. The first-order chi connectivity index (χ1) is 11.6. The Morgan fingerprint density at radius 1 is 1.08 bits per heavy atom. The number of amides is 1. The summed E-state index contributed by atoms with van der Waals surface area (Å²) in [6, 6.07) is 8.78. The van der Waals surface area contributed by atoms with E-state index in [9.17, 15) is 4.79 Å². The number of nitrogens with zero attached hydrogens (tertiary/aromatic N) is 1. The van der Waals surface area contributed by atoms with Gasteiger partial charge < -0.3 is 5.32 Å². The Kier molecular flexibility index (Phi) is 5.94. The summed E-state index contributed by atoms with van der Waals surface area (Å²) in [7, 11) is 0. The molecule has 1 N–H and O–H groups in total. The molecule has 24 heavy (non-hydrogen) atoms. The Bertz CT molecular complexity index is 533. The van der Waals surface area contributed by atoms with Crippen molar-refractivity contribution in [2.45, 2.75) is 70.9 Å². The molecule has 1 saturated heterocycles. The van der Waals surface area contributed by atoms with Crippen molar-refractivity contribution in [3.05, 3.63) is 35.4 Å². The van der Waals surface area contributed by atoms with Crippen molar-refractivity contribution in [1.82, 2.24) is 10.2 Å².